The Bertz CT molecular complexity index is 1150. The molecular weight excluding hydrogens is 416 g/mol. The van der Waals surface area contributed by atoms with E-state index in [1.165, 1.54) is 0 Å². The number of fused-ring (bicyclic) bond motifs is 1. The molecule has 4 aromatic rings. The van der Waals surface area contributed by atoms with Crippen molar-refractivity contribution >= 4 is 44.5 Å². The fourth-order valence-electron chi connectivity index (χ4n) is 3.13. The van der Waals surface area contributed by atoms with Crippen LogP contribution >= 0.6 is 15.9 Å². The Balaban J connectivity index is 1.56. The number of amides is 1. The number of anilines is 3. The highest BCUT2D eigenvalue weighted by Crippen LogP contribution is 2.24. The molecule has 5 nitrogen and oxygen atoms in total. The molecule has 2 aromatic carbocycles. The molecule has 0 aliphatic rings. The Kier molecular flexibility index (Phi) is 4.88. The Hall–Kier alpha value is -3.12. The number of imidazole rings is 1. The summed E-state index contributed by atoms with van der Waals surface area (Å²) < 4.78 is 2.70. The number of pyridine rings is 1. The number of rotatable bonds is 4. The molecule has 140 valence electrons. The highest BCUT2D eigenvalue weighted by atomic mass is 79.9. The standard InChI is InChI=1S/C22H19BrN4O/c1-14-12-19(23)21-24-15(2)20(27(21)13-14)22(28)26-18-10-8-17(9-11-18)25-16-6-4-3-5-7-16/h3-13,25H,1-2H3,(H,26,28). The number of aryl methyl sites for hydroxylation is 2. The third-order valence-electron chi connectivity index (χ3n) is 4.41. The summed E-state index contributed by atoms with van der Waals surface area (Å²) in [7, 11) is 0. The van der Waals surface area contributed by atoms with Crippen molar-refractivity contribution in [3.8, 4) is 0 Å². The van der Waals surface area contributed by atoms with E-state index in [0.29, 0.717) is 11.4 Å². The van der Waals surface area contributed by atoms with Crippen molar-refractivity contribution in [3.63, 3.8) is 0 Å². The van der Waals surface area contributed by atoms with E-state index in [1.54, 1.807) is 0 Å². The van der Waals surface area contributed by atoms with Crippen molar-refractivity contribution in [2.75, 3.05) is 10.6 Å². The maximum atomic E-state index is 12.9. The number of hydrogen-bond donors (Lipinski definition) is 2. The molecule has 0 bridgehead atoms. The zero-order valence-electron chi connectivity index (χ0n) is 15.5. The predicted molar refractivity (Wildman–Crippen MR) is 116 cm³/mol. The smallest absolute Gasteiger partial charge is 0.274 e. The van der Waals surface area contributed by atoms with Crippen LogP contribution in [0, 0.1) is 13.8 Å². The maximum absolute atomic E-state index is 12.9. The highest BCUT2D eigenvalue weighted by molar-refractivity contribution is 9.10. The van der Waals surface area contributed by atoms with Crippen molar-refractivity contribution in [1.82, 2.24) is 9.38 Å². The van der Waals surface area contributed by atoms with Gasteiger partial charge in [-0.1, -0.05) is 18.2 Å². The average molecular weight is 435 g/mol. The Labute approximate surface area is 171 Å². The van der Waals surface area contributed by atoms with Gasteiger partial charge in [-0.3, -0.25) is 9.20 Å². The molecule has 0 fully saturated rings. The van der Waals surface area contributed by atoms with Gasteiger partial charge in [-0.15, -0.1) is 0 Å². The van der Waals surface area contributed by atoms with Crippen LogP contribution in [0.5, 0.6) is 0 Å². The molecule has 4 rings (SSSR count). The van der Waals surface area contributed by atoms with Gasteiger partial charge in [-0.25, -0.2) is 4.98 Å². The third-order valence-corrected chi connectivity index (χ3v) is 4.99. The quantitative estimate of drug-likeness (QED) is 0.432. The first-order valence-electron chi connectivity index (χ1n) is 8.89. The summed E-state index contributed by atoms with van der Waals surface area (Å²) in [5.41, 5.74) is 5.69. The average Bonchev–Trinajstić information content (AvgIpc) is 3.00. The normalized spacial score (nSPS) is 10.8. The van der Waals surface area contributed by atoms with Gasteiger partial charge in [0.15, 0.2) is 5.65 Å². The Morgan fingerprint density at radius 3 is 2.32 bits per heavy atom. The minimum absolute atomic E-state index is 0.189. The first kappa shape index (κ1) is 18.3. The van der Waals surface area contributed by atoms with Gasteiger partial charge in [-0.2, -0.15) is 0 Å². The Morgan fingerprint density at radius 2 is 1.61 bits per heavy atom. The van der Waals surface area contributed by atoms with Crippen LogP contribution in [0.1, 0.15) is 21.7 Å². The molecule has 1 amide bonds. The number of nitrogens with zero attached hydrogens (tertiary/aromatic N) is 2. The molecule has 0 aliphatic heterocycles. The van der Waals surface area contributed by atoms with E-state index in [1.807, 2.05) is 85.1 Å². The molecule has 2 N–H and O–H groups in total. The van der Waals surface area contributed by atoms with Crippen LogP contribution in [-0.4, -0.2) is 15.3 Å². The lowest BCUT2D eigenvalue weighted by molar-refractivity contribution is 0.102. The maximum Gasteiger partial charge on any atom is 0.274 e. The summed E-state index contributed by atoms with van der Waals surface area (Å²) in [6.07, 6.45) is 1.92. The van der Waals surface area contributed by atoms with Gasteiger partial charge >= 0.3 is 0 Å². The van der Waals surface area contributed by atoms with Crippen LogP contribution in [0.3, 0.4) is 0 Å². The largest absolute Gasteiger partial charge is 0.356 e. The molecule has 0 unspecified atom stereocenters. The van der Waals surface area contributed by atoms with Crippen molar-refractivity contribution in [2.24, 2.45) is 0 Å². The van der Waals surface area contributed by atoms with Gasteiger partial charge in [0, 0.05) is 23.3 Å². The summed E-state index contributed by atoms with van der Waals surface area (Å²) >= 11 is 3.52. The number of para-hydroxylation sites is 1. The van der Waals surface area contributed by atoms with E-state index in [-0.39, 0.29) is 5.91 Å². The van der Waals surface area contributed by atoms with Crippen molar-refractivity contribution in [1.29, 1.82) is 0 Å². The second-order valence-electron chi connectivity index (χ2n) is 6.63. The first-order valence-corrected chi connectivity index (χ1v) is 9.69. The molecule has 0 spiro atoms. The second-order valence-corrected chi connectivity index (χ2v) is 7.48. The van der Waals surface area contributed by atoms with Gasteiger partial charge in [0.05, 0.1) is 10.2 Å². The molecule has 6 heteroatoms. The van der Waals surface area contributed by atoms with Gasteiger partial charge in [0.1, 0.15) is 5.69 Å². The van der Waals surface area contributed by atoms with Gasteiger partial charge in [-0.05, 0) is 77.8 Å². The van der Waals surface area contributed by atoms with E-state index in [0.717, 1.165) is 32.7 Å². The van der Waals surface area contributed by atoms with Crippen molar-refractivity contribution < 1.29 is 4.79 Å². The number of nitrogens with one attached hydrogen (secondary N) is 2. The van der Waals surface area contributed by atoms with Crippen LogP contribution in [0.25, 0.3) is 5.65 Å². The minimum Gasteiger partial charge on any atom is -0.356 e. The molecule has 28 heavy (non-hydrogen) atoms. The fourth-order valence-corrected chi connectivity index (χ4v) is 3.78. The monoisotopic (exact) mass is 434 g/mol. The van der Waals surface area contributed by atoms with Gasteiger partial charge < -0.3 is 10.6 Å². The molecule has 0 aliphatic carbocycles. The van der Waals surface area contributed by atoms with Crippen LogP contribution in [0.2, 0.25) is 0 Å². The number of carbonyl (C=O) groups is 1. The topological polar surface area (TPSA) is 58.4 Å². The molecule has 0 atom stereocenters. The predicted octanol–water partition coefficient (Wildman–Crippen LogP) is 5.71. The van der Waals surface area contributed by atoms with E-state index in [4.69, 9.17) is 0 Å². The summed E-state index contributed by atoms with van der Waals surface area (Å²) in [4.78, 5) is 17.4. The zero-order valence-corrected chi connectivity index (χ0v) is 17.1. The van der Waals surface area contributed by atoms with E-state index >= 15 is 0 Å². The summed E-state index contributed by atoms with van der Waals surface area (Å²) in [6.45, 7) is 3.83. The summed E-state index contributed by atoms with van der Waals surface area (Å²) in [5.74, 6) is -0.189. The SMILES string of the molecule is Cc1cc(Br)c2nc(C)c(C(=O)Nc3ccc(Nc4ccccc4)cc3)n2c1. The highest BCUT2D eigenvalue weighted by Gasteiger charge is 2.18. The Morgan fingerprint density at radius 1 is 0.964 bits per heavy atom. The van der Waals surface area contributed by atoms with Gasteiger partial charge in [0.2, 0.25) is 0 Å². The summed E-state index contributed by atoms with van der Waals surface area (Å²) in [5, 5.41) is 6.29. The molecule has 0 radical (unpaired) electrons. The van der Waals surface area contributed by atoms with Crippen LogP contribution in [-0.2, 0) is 0 Å². The van der Waals surface area contributed by atoms with Crippen molar-refractivity contribution in [2.45, 2.75) is 13.8 Å². The molecule has 0 saturated carbocycles. The first-order chi connectivity index (χ1) is 13.5. The zero-order chi connectivity index (χ0) is 19.7. The minimum atomic E-state index is -0.189. The molecule has 0 saturated heterocycles. The molecule has 2 heterocycles. The lowest BCUT2D eigenvalue weighted by Crippen LogP contribution is -2.15. The van der Waals surface area contributed by atoms with Crippen LogP contribution < -0.4 is 10.6 Å². The fraction of sp³-hybridized carbons (Fsp3) is 0.0909. The molecular formula is C22H19BrN4O. The van der Waals surface area contributed by atoms with Crippen LogP contribution in [0.4, 0.5) is 17.1 Å². The number of benzene rings is 2. The molecule has 2 aromatic heterocycles. The number of halogens is 1. The lowest BCUT2D eigenvalue weighted by Gasteiger charge is -2.09. The third kappa shape index (κ3) is 3.64. The lowest BCUT2D eigenvalue weighted by atomic mass is 10.2. The van der Waals surface area contributed by atoms with Crippen molar-refractivity contribution in [3.05, 3.63) is 88.3 Å². The second kappa shape index (κ2) is 7.48. The summed E-state index contributed by atoms with van der Waals surface area (Å²) in [6, 6.07) is 19.6. The number of aromatic nitrogens is 2. The number of hydrogen-bond acceptors (Lipinski definition) is 3. The van der Waals surface area contributed by atoms with E-state index in [2.05, 4.69) is 31.5 Å². The van der Waals surface area contributed by atoms with E-state index < -0.39 is 0 Å². The van der Waals surface area contributed by atoms with Gasteiger partial charge in [0.25, 0.3) is 5.91 Å². The number of carbonyl (C=O) groups excluding carboxylic acids is 1. The van der Waals surface area contributed by atoms with E-state index in [9.17, 15) is 4.79 Å². The van der Waals surface area contributed by atoms with Crippen LogP contribution in [0.15, 0.2) is 71.3 Å².